The predicted octanol–water partition coefficient (Wildman–Crippen LogP) is 5.51. The van der Waals surface area contributed by atoms with Gasteiger partial charge in [-0.25, -0.2) is 0 Å². The third kappa shape index (κ3) is 1.73. The number of fused-ring (bicyclic) bond motifs is 1. The second-order valence-electron chi connectivity index (χ2n) is 6.20. The molecule has 0 amide bonds. The minimum atomic E-state index is 0.438. The molecular formula is C18H28. The summed E-state index contributed by atoms with van der Waals surface area (Å²) in [5, 5.41) is 0. The van der Waals surface area contributed by atoms with Crippen molar-refractivity contribution in [1.82, 2.24) is 0 Å². The van der Waals surface area contributed by atoms with Crippen LogP contribution in [0.4, 0.5) is 0 Å². The third-order valence-corrected chi connectivity index (χ3v) is 5.70. The molecule has 0 aliphatic heterocycles. The zero-order valence-electron chi connectivity index (χ0n) is 12.8. The molecule has 0 heterocycles. The summed E-state index contributed by atoms with van der Waals surface area (Å²) in [6.45, 7) is 11.7. The predicted molar refractivity (Wildman–Crippen MR) is 80.3 cm³/mol. The zero-order valence-corrected chi connectivity index (χ0v) is 12.8. The highest BCUT2D eigenvalue weighted by Crippen LogP contribution is 2.56. The second-order valence-corrected chi connectivity index (χ2v) is 6.20. The van der Waals surface area contributed by atoms with Crippen LogP contribution in [0.15, 0.2) is 18.2 Å². The molecule has 0 fully saturated rings. The normalized spacial score (nSPS) is 19.8. The monoisotopic (exact) mass is 244 g/mol. The summed E-state index contributed by atoms with van der Waals surface area (Å²) in [6.07, 6.45) is 6.48. The number of rotatable bonds is 4. The SMILES string of the molecule is CCC1(CC)CC(CC)(CC)c2cc(C)ccc21. The van der Waals surface area contributed by atoms with E-state index >= 15 is 0 Å². The van der Waals surface area contributed by atoms with Crippen LogP contribution in [-0.2, 0) is 10.8 Å². The Hall–Kier alpha value is -0.780. The van der Waals surface area contributed by atoms with Crippen LogP contribution >= 0.6 is 0 Å². The lowest BCUT2D eigenvalue weighted by atomic mass is 9.71. The standard InChI is InChI=1S/C18H28/c1-6-17(7-2)13-18(8-3,9-4)16-12-14(5)10-11-15(16)17/h10-12H,6-9,13H2,1-5H3. The Morgan fingerprint density at radius 1 is 0.833 bits per heavy atom. The molecular weight excluding hydrogens is 216 g/mol. The van der Waals surface area contributed by atoms with E-state index in [1.165, 1.54) is 37.7 Å². The average molecular weight is 244 g/mol. The van der Waals surface area contributed by atoms with Gasteiger partial charge in [0.2, 0.25) is 0 Å². The number of hydrogen-bond acceptors (Lipinski definition) is 0. The average Bonchev–Trinajstić information content (AvgIpc) is 2.69. The van der Waals surface area contributed by atoms with E-state index < -0.39 is 0 Å². The highest BCUT2D eigenvalue weighted by atomic mass is 14.5. The van der Waals surface area contributed by atoms with Crippen LogP contribution in [0.1, 0.15) is 76.5 Å². The first-order valence-electron chi connectivity index (χ1n) is 7.69. The first kappa shape index (κ1) is 13.6. The Labute approximate surface area is 113 Å². The molecule has 0 spiro atoms. The van der Waals surface area contributed by atoms with Gasteiger partial charge >= 0.3 is 0 Å². The Morgan fingerprint density at radius 2 is 1.33 bits per heavy atom. The van der Waals surface area contributed by atoms with Crippen LogP contribution in [0.25, 0.3) is 0 Å². The molecule has 2 rings (SSSR count). The maximum Gasteiger partial charge on any atom is -0.00407 e. The van der Waals surface area contributed by atoms with Crippen molar-refractivity contribution in [2.75, 3.05) is 0 Å². The molecule has 0 unspecified atom stereocenters. The fraction of sp³-hybridized carbons (Fsp3) is 0.667. The van der Waals surface area contributed by atoms with E-state index in [1.54, 1.807) is 11.1 Å². The molecule has 1 aliphatic rings. The highest BCUT2D eigenvalue weighted by Gasteiger charge is 2.48. The lowest BCUT2D eigenvalue weighted by Gasteiger charge is -2.32. The molecule has 0 atom stereocenters. The van der Waals surface area contributed by atoms with Crippen molar-refractivity contribution in [2.45, 2.75) is 77.6 Å². The summed E-state index contributed by atoms with van der Waals surface area (Å²) < 4.78 is 0. The van der Waals surface area contributed by atoms with Gasteiger partial charge in [0.05, 0.1) is 0 Å². The van der Waals surface area contributed by atoms with Crippen LogP contribution < -0.4 is 0 Å². The van der Waals surface area contributed by atoms with E-state index in [9.17, 15) is 0 Å². The molecule has 0 aromatic heterocycles. The maximum atomic E-state index is 2.47. The van der Waals surface area contributed by atoms with Gasteiger partial charge in [0, 0.05) is 0 Å². The Morgan fingerprint density at radius 3 is 1.83 bits per heavy atom. The molecule has 0 bridgehead atoms. The minimum absolute atomic E-state index is 0.438. The zero-order chi connectivity index (χ0) is 13.4. The van der Waals surface area contributed by atoms with E-state index in [0.29, 0.717) is 10.8 Å². The van der Waals surface area contributed by atoms with Gasteiger partial charge in [0.15, 0.2) is 0 Å². The minimum Gasteiger partial charge on any atom is -0.0645 e. The smallest absolute Gasteiger partial charge is 0.00407 e. The molecule has 100 valence electrons. The van der Waals surface area contributed by atoms with Crippen molar-refractivity contribution in [3.05, 3.63) is 34.9 Å². The molecule has 1 aliphatic carbocycles. The molecule has 0 saturated carbocycles. The van der Waals surface area contributed by atoms with E-state index in [4.69, 9.17) is 0 Å². The maximum absolute atomic E-state index is 2.47. The molecule has 18 heavy (non-hydrogen) atoms. The Bertz CT molecular complexity index is 420. The first-order valence-corrected chi connectivity index (χ1v) is 7.69. The van der Waals surface area contributed by atoms with E-state index in [2.05, 4.69) is 52.8 Å². The summed E-state index contributed by atoms with van der Waals surface area (Å²) >= 11 is 0. The molecule has 0 heteroatoms. The fourth-order valence-electron chi connectivity index (χ4n) is 4.16. The summed E-state index contributed by atoms with van der Waals surface area (Å²) in [5.74, 6) is 0. The largest absolute Gasteiger partial charge is 0.0645 e. The number of benzene rings is 1. The van der Waals surface area contributed by atoms with Gasteiger partial charge in [-0.2, -0.15) is 0 Å². The third-order valence-electron chi connectivity index (χ3n) is 5.70. The summed E-state index contributed by atoms with van der Waals surface area (Å²) in [4.78, 5) is 0. The van der Waals surface area contributed by atoms with Crippen molar-refractivity contribution in [1.29, 1.82) is 0 Å². The van der Waals surface area contributed by atoms with Crippen LogP contribution in [0.3, 0.4) is 0 Å². The van der Waals surface area contributed by atoms with Gasteiger partial charge in [-0.05, 0) is 61.0 Å². The van der Waals surface area contributed by atoms with Gasteiger partial charge in [-0.3, -0.25) is 0 Å². The summed E-state index contributed by atoms with van der Waals surface area (Å²) in [7, 11) is 0. The van der Waals surface area contributed by atoms with Crippen LogP contribution in [0.2, 0.25) is 0 Å². The van der Waals surface area contributed by atoms with Crippen molar-refractivity contribution >= 4 is 0 Å². The quantitative estimate of drug-likeness (QED) is 0.654. The van der Waals surface area contributed by atoms with Crippen LogP contribution in [0, 0.1) is 6.92 Å². The lowest BCUT2D eigenvalue weighted by molar-refractivity contribution is 0.284. The van der Waals surface area contributed by atoms with Gasteiger partial charge in [-0.1, -0.05) is 51.5 Å². The van der Waals surface area contributed by atoms with E-state index in [1.807, 2.05) is 0 Å². The van der Waals surface area contributed by atoms with Crippen LogP contribution in [0.5, 0.6) is 0 Å². The molecule has 0 N–H and O–H groups in total. The summed E-state index contributed by atoms with van der Waals surface area (Å²) in [6, 6.07) is 7.19. The topological polar surface area (TPSA) is 0 Å². The molecule has 0 radical (unpaired) electrons. The van der Waals surface area contributed by atoms with E-state index in [0.717, 1.165) is 0 Å². The Kier molecular flexibility index (Phi) is 3.58. The fourth-order valence-corrected chi connectivity index (χ4v) is 4.16. The lowest BCUT2D eigenvalue weighted by Crippen LogP contribution is -2.27. The first-order chi connectivity index (χ1) is 8.57. The molecule has 1 aromatic carbocycles. The molecule has 1 aromatic rings. The number of aryl methyl sites for hydroxylation is 1. The molecule has 0 saturated heterocycles. The van der Waals surface area contributed by atoms with Gasteiger partial charge in [-0.15, -0.1) is 0 Å². The van der Waals surface area contributed by atoms with Crippen molar-refractivity contribution < 1.29 is 0 Å². The van der Waals surface area contributed by atoms with Crippen molar-refractivity contribution in [2.24, 2.45) is 0 Å². The van der Waals surface area contributed by atoms with E-state index in [-0.39, 0.29) is 0 Å². The highest BCUT2D eigenvalue weighted by molar-refractivity contribution is 5.48. The van der Waals surface area contributed by atoms with Gasteiger partial charge < -0.3 is 0 Å². The van der Waals surface area contributed by atoms with Crippen molar-refractivity contribution in [3.63, 3.8) is 0 Å². The molecule has 0 nitrogen and oxygen atoms in total. The van der Waals surface area contributed by atoms with Gasteiger partial charge in [0.1, 0.15) is 0 Å². The Balaban J connectivity index is 2.65. The van der Waals surface area contributed by atoms with Crippen LogP contribution in [-0.4, -0.2) is 0 Å². The van der Waals surface area contributed by atoms with Crippen molar-refractivity contribution in [3.8, 4) is 0 Å². The number of hydrogen-bond donors (Lipinski definition) is 0. The summed E-state index contributed by atoms with van der Waals surface area (Å²) in [5.41, 5.74) is 5.61. The second kappa shape index (κ2) is 4.72. The van der Waals surface area contributed by atoms with Gasteiger partial charge in [0.25, 0.3) is 0 Å².